The van der Waals surface area contributed by atoms with Crippen molar-refractivity contribution in [2.45, 2.75) is 0 Å². The van der Waals surface area contributed by atoms with Crippen LogP contribution in [-0.4, -0.2) is 22.6 Å². The lowest BCUT2D eigenvalue weighted by molar-refractivity contribution is 0.0601. The van der Waals surface area contributed by atoms with E-state index >= 15 is 0 Å². The molecule has 0 radical (unpaired) electrons. The minimum Gasteiger partial charge on any atom is -0.465 e. The summed E-state index contributed by atoms with van der Waals surface area (Å²) in [4.78, 5) is 28.5. The maximum Gasteiger partial charge on any atom is 0.337 e. The number of hydrogen-bond donors (Lipinski definition) is 0. The number of carbonyl (C=O) groups is 1. The molecule has 0 aliphatic rings. The van der Waals surface area contributed by atoms with Crippen molar-refractivity contribution in [2.75, 3.05) is 7.11 Å². The van der Waals surface area contributed by atoms with Crippen LogP contribution < -0.4 is 5.56 Å². The molecule has 0 spiro atoms. The third-order valence-electron chi connectivity index (χ3n) is 3.60. The Hall–Kier alpha value is -2.66. The summed E-state index contributed by atoms with van der Waals surface area (Å²) in [6.45, 7) is 0. The van der Waals surface area contributed by atoms with Crippen LogP contribution in [0.2, 0.25) is 5.02 Å². The van der Waals surface area contributed by atoms with Gasteiger partial charge in [0, 0.05) is 17.6 Å². The van der Waals surface area contributed by atoms with E-state index in [9.17, 15) is 9.59 Å². The van der Waals surface area contributed by atoms with Gasteiger partial charge < -0.3 is 4.74 Å². The molecule has 3 aromatic rings. The highest BCUT2D eigenvalue weighted by Gasteiger charge is 2.12. The molecule has 6 heteroatoms. The van der Waals surface area contributed by atoms with E-state index in [1.807, 2.05) is 0 Å². The summed E-state index contributed by atoms with van der Waals surface area (Å²) >= 11 is 5.98. The van der Waals surface area contributed by atoms with Crippen molar-refractivity contribution in [3.63, 3.8) is 0 Å². The molecule has 0 atom stereocenters. The molecule has 0 saturated carbocycles. The highest BCUT2D eigenvalue weighted by molar-refractivity contribution is 6.31. The topological polar surface area (TPSA) is 61.2 Å². The first kappa shape index (κ1) is 15.2. The van der Waals surface area contributed by atoms with Gasteiger partial charge in [0.05, 0.1) is 23.6 Å². The fourth-order valence-electron chi connectivity index (χ4n) is 2.38. The summed E-state index contributed by atoms with van der Waals surface area (Å²) in [5, 5.41) is 1.03. The maximum absolute atomic E-state index is 12.5. The van der Waals surface area contributed by atoms with Gasteiger partial charge in [0.15, 0.2) is 0 Å². The van der Waals surface area contributed by atoms with Crippen molar-refractivity contribution in [1.82, 2.24) is 9.55 Å². The minimum absolute atomic E-state index is 0.154. The van der Waals surface area contributed by atoms with Crippen molar-refractivity contribution in [3.05, 3.63) is 63.4 Å². The van der Waals surface area contributed by atoms with Crippen LogP contribution in [0.4, 0.5) is 0 Å². The molecule has 0 aliphatic carbocycles. The predicted octanol–water partition coefficient (Wildman–Crippen LogP) is 3.04. The fourth-order valence-corrected chi connectivity index (χ4v) is 2.54. The highest BCUT2D eigenvalue weighted by atomic mass is 35.5. The molecule has 0 saturated heterocycles. The molecule has 0 bridgehead atoms. The smallest absolute Gasteiger partial charge is 0.337 e. The lowest BCUT2D eigenvalue weighted by Gasteiger charge is -2.10. The molecule has 1 heterocycles. The zero-order valence-corrected chi connectivity index (χ0v) is 13.3. The maximum atomic E-state index is 12.5. The van der Waals surface area contributed by atoms with Crippen LogP contribution in [0, 0.1) is 0 Å². The summed E-state index contributed by atoms with van der Waals surface area (Å²) in [7, 11) is 2.99. The van der Waals surface area contributed by atoms with Crippen molar-refractivity contribution in [3.8, 4) is 11.4 Å². The summed E-state index contributed by atoms with van der Waals surface area (Å²) in [6, 6.07) is 11.7. The molecule has 0 fully saturated rings. The quantitative estimate of drug-likeness (QED) is 0.678. The molecule has 1 aromatic heterocycles. The zero-order chi connectivity index (χ0) is 16.6. The SMILES string of the molecule is COC(=O)c1ccc(-c2nc3cc(Cl)ccc3c(=O)n2C)cc1. The number of rotatable bonds is 2. The van der Waals surface area contributed by atoms with Crippen LogP contribution in [0.1, 0.15) is 10.4 Å². The van der Waals surface area contributed by atoms with Crippen molar-refractivity contribution in [2.24, 2.45) is 7.05 Å². The number of halogens is 1. The lowest BCUT2D eigenvalue weighted by Crippen LogP contribution is -2.20. The van der Waals surface area contributed by atoms with E-state index < -0.39 is 5.97 Å². The van der Waals surface area contributed by atoms with Crippen LogP contribution in [0.3, 0.4) is 0 Å². The van der Waals surface area contributed by atoms with Gasteiger partial charge in [0.1, 0.15) is 5.82 Å². The number of benzene rings is 2. The predicted molar refractivity (Wildman–Crippen MR) is 88.8 cm³/mol. The Bertz CT molecular complexity index is 962. The van der Waals surface area contributed by atoms with Crippen molar-refractivity contribution < 1.29 is 9.53 Å². The van der Waals surface area contributed by atoms with Gasteiger partial charge in [0.25, 0.3) is 5.56 Å². The van der Waals surface area contributed by atoms with Gasteiger partial charge in [-0.2, -0.15) is 0 Å². The summed E-state index contributed by atoms with van der Waals surface area (Å²) in [5.74, 6) is 0.0878. The molecular weight excluding hydrogens is 316 g/mol. The highest BCUT2D eigenvalue weighted by Crippen LogP contribution is 2.21. The Kier molecular flexibility index (Phi) is 3.88. The fraction of sp³-hybridized carbons (Fsp3) is 0.118. The first-order chi connectivity index (χ1) is 11.0. The van der Waals surface area contributed by atoms with E-state index in [-0.39, 0.29) is 5.56 Å². The van der Waals surface area contributed by atoms with Crippen LogP contribution in [0.25, 0.3) is 22.3 Å². The largest absolute Gasteiger partial charge is 0.465 e. The number of carbonyl (C=O) groups excluding carboxylic acids is 1. The summed E-state index contributed by atoms with van der Waals surface area (Å²) < 4.78 is 6.15. The number of esters is 1. The number of hydrogen-bond acceptors (Lipinski definition) is 4. The van der Waals surface area contributed by atoms with E-state index in [2.05, 4.69) is 9.72 Å². The summed E-state index contributed by atoms with van der Waals surface area (Å²) in [6.07, 6.45) is 0. The van der Waals surface area contributed by atoms with Gasteiger partial charge in [0.2, 0.25) is 0 Å². The van der Waals surface area contributed by atoms with Crippen LogP contribution >= 0.6 is 11.6 Å². The van der Waals surface area contributed by atoms with Gasteiger partial charge in [-0.3, -0.25) is 9.36 Å². The van der Waals surface area contributed by atoms with Crippen LogP contribution in [0.15, 0.2) is 47.3 Å². The van der Waals surface area contributed by atoms with E-state index in [0.717, 1.165) is 5.56 Å². The lowest BCUT2D eigenvalue weighted by atomic mass is 10.1. The summed E-state index contributed by atoms with van der Waals surface area (Å²) in [5.41, 5.74) is 1.54. The minimum atomic E-state index is -0.413. The third kappa shape index (κ3) is 2.71. The number of methoxy groups -OCH3 is 1. The van der Waals surface area contributed by atoms with Gasteiger partial charge in [-0.15, -0.1) is 0 Å². The second kappa shape index (κ2) is 5.85. The molecular formula is C17H13ClN2O3. The Labute approximate surface area is 137 Å². The molecule has 0 N–H and O–H groups in total. The third-order valence-corrected chi connectivity index (χ3v) is 3.84. The molecule has 5 nitrogen and oxygen atoms in total. The van der Waals surface area contributed by atoms with Crippen molar-refractivity contribution in [1.29, 1.82) is 0 Å². The molecule has 0 aliphatic heterocycles. The van der Waals surface area contributed by atoms with Gasteiger partial charge >= 0.3 is 5.97 Å². The van der Waals surface area contributed by atoms with E-state index in [1.54, 1.807) is 49.5 Å². The van der Waals surface area contributed by atoms with Gasteiger partial charge in [-0.25, -0.2) is 9.78 Å². The second-order valence-corrected chi connectivity index (χ2v) is 5.47. The second-order valence-electron chi connectivity index (χ2n) is 5.03. The molecule has 0 unspecified atom stereocenters. The van der Waals surface area contributed by atoms with E-state index in [1.165, 1.54) is 11.7 Å². The number of aromatic nitrogens is 2. The monoisotopic (exact) mass is 328 g/mol. The first-order valence-corrected chi connectivity index (χ1v) is 7.24. The number of nitrogens with zero attached hydrogens (tertiary/aromatic N) is 2. The zero-order valence-electron chi connectivity index (χ0n) is 12.5. The van der Waals surface area contributed by atoms with Crippen LogP contribution in [-0.2, 0) is 11.8 Å². The molecule has 23 heavy (non-hydrogen) atoms. The number of ether oxygens (including phenoxy) is 1. The Morgan fingerprint density at radius 2 is 1.87 bits per heavy atom. The van der Waals surface area contributed by atoms with Crippen LogP contribution in [0.5, 0.6) is 0 Å². The van der Waals surface area contributed by atoms with Gasteiger partial charge in [-0.05, 0) is 30.3 Å². The Morgan fingerprint density at radius 1 is 1.17 bits per heavy atom. The van der Waals surface area contributed by atoms with Gasteiger partial charge in [-0.1, -0.05) is 23.7 Å². The molecule has 2 aromatic carbocycles. The average molecular weight is 329 g/mol. The Balaban J connectivity index is 2.18. The molecule has 116 valence electrons. The average Bonchev–Trinajstić information content (AvgIpc) is 2.57. The molecule has 3 rings (SSSR count). The standard InChI is InChI=1S/C17H13ClN2O3/c1-20-15(10-3-5-11(6-4-10)17(22)23-2)19-14-9-12(18)7-8-13(14)16(20)21/h3-9H,1-2H3. The van der Waals surface area contributed by atoms with E-state index in [4.69, 9.17) is 11.6 Å². The molecule has 0 amide bonds. The van der Waals surface area contributed by atoms with E-state index in [0.29, 0.717) is 27.3 Å². The normalized spacial score (nSPS) is 10.7. The Morgan fingerprint density at radius 3 is 2.52 bits per heavy atom. The first-order valence-electron chi connectivity index (χ1n) is 6.86. The van der Waals surface area contributed by atoms with Crippen molar-refractivity contribution >= 4 is 28.5 Å². The number of fused-ring (bicyclic) bond motifs is 1.